The highest BCUT2D eigenvalue weighted by atomic mass is 35.5. The van der Waals surface area contributed by atoms with Crippen molar-refractivity contribution in [3.05, 3.63) is 87.9 Å². The van der Waals surface area contributed by atoms with Crippen molar-refractivity contribution in [2.75, 3.05) is 16.4 Å². The van der Waals surface area contributed by atoms with Crippen molar-refractivity contribution in [1.82, 2.24) is 0 Å². The molecule has 0 bridgehead atoms. The Balaban J connectivity index is 1.63. The number of amides is 2. The fraction of sp³-hybridized carbons (Fsp3) is 0.0909. The van der Waals surface area contributed by atoms with Crippen LogP contribution in [-0.2, 0) is 11.0 Å². The van der Waals surface area contributed by atoms with Gasteiger partial charge in [0.15, 0.2) is 23.3 Å². The summed E-state index contributed by atoms with van der Waals surface area (Å²) in [7, 11) is 0. The van der Waals surface area contributed by atoms with Crippen molar-refractivity contribution in [3.8, 4) is 0 Å². The predicted octanol–water partition coefficient (Wildman–Crippen LogP) is 6.90. The molecule has 0 heterocycles. The van der Waals surface area contributed by atoms with Gasteiger partial charge in [-0.3, -0.25) is 9.59 Å². The van der Waals surface area contributed by atoms with E-state index in [1.54, 1.807) is 23.5 Å². The van der Waals surface area contributed by atoms with Crippen LogP contribution in [0.25, 0.3) is 0 Å². The molecule has 0 radical (unpaired) electrons. The molecule has 0 aliphatic heterocycles. The minimum atomic E-state index is -5.69. The van der Waals surface area contributed by atoms with E-state index in [0.29, 0.717) is 21.2 Å². The fourth-order valence-electron chi connectivity index (χ4n) is 2.78. The summed E-state index contributed by atoms with van der Waals surface area (Å²) in [5.41, 5.74) is -3.67. The number of nitrogens with one attached hydrogen (secondary N) is 2. The Morgan fingerprint density at radius 1 is 0.857 bits per heavy atom. The van der Waals surface area contributed by atoms with Crippen LogP contribution >= 0.6 is 23.4 Å². The average molecular weight is 537 g/mol. The normalized spacial score (nSPS) is 11.3. The van der Waals surface area contributed by atoms with Gasteiger partial charge in [0.25, 0.3) is 5.91 Å². The predicted molar refractivity (Wildman–Crippen MR) is 116 cm³/mol. The van der Waals surface area contributed by atoms with Crippen LogP contribution in [0.4, 0.5) is 42.1 Å². The van der Waals surface area contributed by atoms with Crippen molar-refractivity contribution in [2.24, 2.45) is 0 Å². The number of alkyl halides is 3. The monoisotopic (exact) mass is 536 g/mol. The van der Waals surface area contributed by atoms with Gasteiger partial charge in [0, 0.05) is 21.2 Å². The second kappa shape index (κ2) is 10.6. The van der Waals surface area contributed by atoms with E-state index < -0.39 is 58.3 Å². The molecule has 3 aromatic rings. The number of hydrogen-bond acceptors (Lipinski definition) is 3. The van der Waals surface area contributed by atoms with Crippen LogP contribution in [0, 0.1) is 23.3 Å². The van der Waals surface area contributed by atoms with Crippen LogP contribution in [0.5, 0.6) is 0 Å². The Bertz CT molecular complexity index is 1260. The molecule has 0 unspecified atom stereocenters. The van der Waals surface area contributed by atoms with Gasteiger partial charge in [-0.1, -0.05) is 17.7 Å². The number of carbonyl (C=O) groups excluding carboxylic acids is 2. The van der Waals surface area contributed by atoms with E-state index in [4.69, 9.17) is 11.6 Å². The number of anilines is 2. The molecule has 3 aromatic carbocycles. The summed E-state index contributed by atoms with van der Waals surface area (Å²) in [5.74, 6) is -12.2. The van der Waals surface area contributed by atoms with Gasteiger partial charge in [0.2, 0.25) is 5.91 Å². The first-order valence-corrected chi connectivity index (χ1v) is 10.8. The molecular formula is C22H12ClF7N2O2S. The quantitative estimate of drug-likeness (QED) is 0.205. The van der Waals surface area contributed by atoms with Crippen molar-refractivity contribution in [1.29, 1.82) is 0 Å². The van der Waals surface area contributed by atoms with Gasteiger partial charge >= 0.3 is 6.18 Å². The maximum absolute atomic E-state index is 13.9. The van der Waals surface area contributed by atoms with E-state index >= 15 is 0 Å². The van der Waals surface area contributed by atoms with Crippen LogP contribution in [0.2, 0.25) is 5.02 Å². The third-order valence-corrected chi connectivity index (χ3v) is 5.63. The third-order valence-electron chi connectivity index (χ3n) is 4.38. The van der Waals surface area contributed by atoms with Crippen LogP contribution < -0.4 is 10.6 Å². The van der Waals surface area contributed by atoms with Crippen molar-refractivity contribution < 1.29 is 40.3 Å². The summed E-state index contributed by atoms with van der Waals surface area (Å²) in [6.07, 6.45) is -5.69. The molecule has 0 spiro atoms. The van der Waals surface area contributed by atoms with Crippen LogP contribution in [0.15, 0.2) is 53.4 Å². The van der Waals surface area contributed by atoms with Crippen molar-refractivity contribution >= 4 is 46.6 Å². The lowest BCUT2D eigenvalue weighted by molar-refractivity contribution is -0.143. The Morgan fingerprint density at radius 3 is 2.00 bits per heavy atom. The maximum atomic E-state index is 13.9. The molecule has 13 heteroatoms. The molecule has 4 nitrogen and oxygen atoms in total. The topological polar surface area (TPSA) is 58.2 Å². The van der Waals surface area contributed by atoms with Crippen LogP contribution in [0.3, 0.4) is 0 Å². The van der Waals surface area contributed by atoms with E-state index in [9.17, 15) is 40.3 Å². The first kappa shape index (κ1) is 26.4. The molecule has 0 saturated carbocycles. The zero-order chi connectivity index (χ0) is 25.9. The second-order valence-corrected chi connectivity index (χ2v) is 8.31. The molecule has 3 rings (SSSR count). The Morgan fingerprint density at radius 2 is 1.46 bits per heavy atom. The molecule has 0 aromatic heterocycles. The number of carbonyl (C=O) groups is 2. The van der Waals surface area contributed by atoms with Crippen molar-refractivity contribution in [3.63, 3.8) is 0 Å². The minimum absolute atomic E-state index is 0.322. The van der Waals surface area contributed by atoms with Crippen LogP contribution in [-0.4, -0.2) is 17.6 Å². The molecule has 184 valence electrons. The number of thioether (sulfide) groups is 1. The standard InChI is InChI=1S/C22H12ClF7N2O2S/c23-11-3-1-2-10(8-11)21(34)31-12-4-6-13(7-5-12)35-9-14(33)32-20-18(26)16(24)15(22(28,29)30)17(25)19(20)27/h1-8H,9H2,(H,31,34)(H,32,33). The highest BCUT2D eigenvalue weighted by Gasteiger charge is 2.42. The lowest BCUT2D eigenvalue weighted by Gasteiger charge is -2.14. The first-order chi connectivity index (χ1) is 16.4. The molecule has 0 aliphatic carbocycles. The SMILES string of the molecule is O=C(CSc1ccc(NC(=O)c2cccc(Cl)c2)cc1)Nc1c(F)c(F)c(C(F)(F)F)c(F)c1F. The number of hydrogen-bond donors (Lipinski definition) is 2. The fourth-order valence-corrected chi connectivity index (χ4v) is 3.67. The molecule has 35 heavy (non-hydrogen) atoms. The average Bonchev–Trinajstić information content (AvgIpc) is 2.79. The summed E-state index contributed by atoms with van der Waals surface area (Å²) in [5, 5.41) is 4.55. The molecular weight excluding hydrogens is 525 g/mol. The highest BCUT2D eigenvalue weighted by Crippen LogP contribution is 2.38. The molecule has 0 fully saturated rings. The summed E-state index contributed by atoms with van der Waals surface area (Å²) in [6.45, 7) is 0. The van der Waals surface area contributed by atoms with Gasteiger partial charge in [-0.2, -0.15) is 13.2 Å². The zero-order valence-corrected chi connectivity index (χ0v) is 18.6. The van der Waals surface area contributed by atoms with Gasteiger partial charge < -0.3 is 10.6 Å². The number of rotatable bonds is 6. The second-order valence-electron chi connectivity index (χ2n) is 6.83. The van der Waals surface area contributed by atoms with Gasteiger partial charge in [-0.15, -0.1) is 11.8 Å². The highest BCUT2D eigenvalue weighted by molar-refractivity contribution is 8.00. The van der Waals surface area contributed by atoms with E-state index in [2.05, 4.69) is 5.32 Å². The van der Waals surface area contributed by atoms with E-state index in [-0.39, 0.29) is 0 Å². The largest absolute Gasteiger partial charge is 0.422 e. The third kappa shape index (κ3) is 6.25. The van der Waals surface area contributed by atoms with Gasteiger partial charge in [-0.25, -0.2) is 17.6 Å². The van der Waals surface area contributed by atoms with E-state index in [1.165, 1.54) is 30.3 Å². The molecule has 0 atom stereocenters. The summed E-state index contributed by atoms with van der Waals surface area (Å²) in [4.78, 5) is 24.7. The van der Waals surface area contributed by atoms with Gasteiger partial charge in [0.1, 0.15) is 11.3 Å². The molecule has 2 N–H and O–H groups in total. The summed E-state index contributed by atoms with van der Waals surface area (Å²) >= 11 is 6.69. The lowest BCUT2D eigenvalue weighted by Crippen LogP contribution is -2.21. The van der Waals surface area contributed by atoms with Crippen molar-refractivity contribution in [2.45, 2.75) is 11.1 Å². The Hall–Kier alpha value is -3.25. The smallest absolute Gasteiger partial charge is 0.322 e. The Kier molecular flexibility index (Phi) is 7.96. The zero-order valence-electron chi connectivity index (χ0n) is 17.1. The van der Waals surface area contributed by atoms with E-state index in [0.717, 1.165) is 11.8 Å². The molecule has 0 aliphatic rings. The first-order valence-electron chi connectivity index (χ1n) is 9.41. The van der Waals surface area contributed by atoms with Gasteiger partial charge in [-0.05, 0) is 42.5 Å². The minimum Gasteiger partial charge on any atom is -0.322 e. The number of benzene rings is 3. The van der Waals surface area contributed by atoms with E-state index in [1.807, 2.05) is 0 Å². The number of halogens is 8. The summed E-state index contributed by atoms with van der Waals surface area (Å²) in [6, 6.07) is 12.3. The molecule has 0 saturated heterocycles. The summed E-state index contributed by atoms with van der Waals surface area (Å²) < 4.78 is 93.1. The lowest BCUT2D eigenvalue weighted by atomic mass is 10.1. The van der Waals surface area contributed by atoms with Gasteiger partial charge in [0.05, 0.1) is 5.75 Å². The Labute approximate surface area is 202 Å². The maximum Gasteiger partial charge on any atom is 0.422 e. The molecule has 2 amide bonds. The van der Waals surface area contributed by atoms with Crippen LogP contribution in [0.1, 0.15) is 15.9 Å².